The van der Waals surface area contributed by atoms with Crippen LogP contribution in [-0.2, 0) is 9.53 Å². The molecule has 3 rings (SSSR count). The van der Waals surface area contributed by atoms with Crippen molar-refractivity contribution in [2.45, 2.75) is 27.7 Å². The number of esters is 1. The van der Waals surface area contributed by atoms with Gasteiger partial charge >= 0.3 is 5.97 Å². The van der Waals surface area contributed by atoms with E-state index in [4.69, 9.17) is 4.74 Å². The van der Waals surface area contributed by atoms with E-state index in [0.29, 0.717) is 11.3 Å². The van der Waals surface area contributed by atoms with Gasteiger partial charge in [-0.05, 0) is 74.7 Å². The molecule has 0 aliphatic carbocycles. The number of nitrogens with zero attached hydrogens (tertiary/aromatic N) is 1. The van der Waals surface area contributed by atoms with Gasteiger partial charge in [-0.3, -0.25) is 0 Å². The molecule has 0 radical (unpaired) electrons. The van der Waals surface area contributed by atoms with Crippen molar-refractivity contribution in [3.63, 3.8) is 0 Å². The molecule has 2 aromatic carbocycles. The molecule has 0 saturated carbocycles. The van der Waals surface area contributed by atoms with Crippen LogP contribution in [0.25, 0.3) is 11.8 Å². The summed E-state index contributed by atoms with van der Waals surface area (Å²) in [5.74, 6) is 0.315. The van der Waals surface area contributed by atoms with Gasteiger partial charge in [-0.15, -0.1) is 0 Å². The number of carbonyl (C=O) groups excluding carboxylic acids is 1. The van der Waals surface area contributed by atoms with Crippen molar-refractivity contribution in [2.24, 2.45) is 0 Å². The Morgan fingerprint density at radius 3 is 2.27 bits per heavy atom. The Labute approximate surface area is 155 Å². The zero-order valence-corrected chi connectivity index (χ0v) is 15.9. The Morgan fingerprint density at radius 1 is 0.962 bits per heavy atom. The van der Waals surface area contributed by atoms with Crippen molar-refractivity contribution in [3.8, 4) is 0 Å². The van der Waals surface area contributed by atoms with Crippen LogP contribution in [0.2, 0.25) is 0 Å². The van der Waals surface area contributed by atoms with Crippen LogP contribution in [0.1, 0.15) is 36.1 Å². The fourth-order valence-corrected chi connectivity index (χ4v) is 3.08. The van der Waals surface area contributed by atoms with E-state index < -0.39 is 0 Å². The van der Waals surface area contributed by atoms with Crippen molar-refractivity contribution < 1.29 is 9.53 Å². The van der Waals surface area contributed by atoms with E-state index in [1.807, 2.05) is 36.4 Å². The zero-order chi connectivity index (χ0) is 18.7. The van der Waals surface area contributed by atoms with Gasteiger partial charge in [0.05, 0.1) is 5.57 Å². The fourth-order valence-electron chi connectivity index (χ4n) is 3.08. The van der Waals surface area contributed by atoms with Crippen molar-refractivity contribution in [1.29, 1.82) is 0 Å². The predicted octanol–water partition coefficient (Wildman–Crippen LogP) is 5.13. The first-order valence-corrected chi connectivity index (χ1v) is 9.10. The summed E-state index contributed by atoms with van der Waals surface area (Å²) in [7, 11) is 0. The molecule has 3 heteroatoms. The molecule has 0 saturated heterocycles. The van der Waals surface area contributed by atoms with Crippen LogP contribution in [0.5, 0.6) is 0 Å². The topological polar surface area (TPSA) is 29.5 Å². The first-order valence-electron chi connectivity index (χ1n) is 9.10. The maximum Gasteiger partial charge on any atom is 0.343 e. The van der Waals surface area contributed by atoms with Gasteiger partial charge in [-0.25, -0.2) is 4.79 Å². The molecule has 134 valence electrons. The van der Waals surface area contributed by atoms with E-state index in [1.165, 1.54) is 16.8 Å². The monoisotopic (exact) mass is 347 g/mol. The summed E-state index contributed by atoms with van der Waals surface area (Å²) >= 11 is 0. The van der Waals surface area contributed by atoms with Crippen LogP contribution in [0, 0.1) is 13.8 Å². The van der Waals surface area contributed by atoms with Crippen molar-refractivity contribution in [2.75, 3.05) is 18.0 Å². The lowest BCUT2D eigenvalue weighted by Crippen LogP contribution is -2.21. The predicted molar refractivity (Wildman–Crippen MR) is 108 cm³/mol. The molecule has 0 bridgehead atoms. The normalized spacial score (nSPS) is 15.2. The molecule has 0 spiro atoms. The van der Waals surface area contributed by atoms with E-state index in [-0.39, 0.29) is 5.97 Å². The Hall–Kier alpha value is -2.81. The number of hydrogen-bond donors (Lipinski definition) is 0. The van der Waals surface area contributed by atoms with Crippen LogP contribution in [0.3, 0.4) is 0 Å². The summed E-state index contributed by atoms with van der Waals surface area (Å²) in [5, 5.41) is 0. The first-order chi connectivity index (χ1) is 12.5. The number of aryl methyl sites for hydroxylation is 2. The molecule has 3 nitrogen and oxygen atoms in total. The third-order valence-electron chi connectivity index (χ3n) is 4.86. The van der Waals surface area contributed by atoms with Crippen LogP contribution >= 0.6 is 0 Å². The van der Waals surface area contributed by atoms with Crippen LogP contribution in [0.4, 0.5) is 5.69 Å². The highest BCUT2D eigenvalue weighted by atomic mass is 16.5. The minimum absolute atomic E-state index is 0.300. The third-order valence-corrected chi connectivity index (χ3v) is 4.86. The number of rotatable bonds is 5. The highest BCUT2D eigenvalue weighted by Crippen LogP contribution is 2.29. The van der Waals surface area contributed by atoms with Gasteiger partial charge in [0, 0.05) is 24.3 Å². The Morgan fingerprint density at radius 2 is 1.65 bits per heavy atom. The molecule has 0 N–H and O–H groups in total. The lowest BCUT2D eigenvalue weighted by atomic mass is 10.0. The summed E-state index contributed by atoms with van der Waals surface area (Å²) in [6, 6.07) is 14.3. The molecule has 0 amide bonds. The second-order valence-corrected chi connectivity index (χ2v) is 6.56. The highest BCUT2D eigenvalue weighted by molar-refractivity contribution is 6.05. The van der Waals surface area contributed by atoms with E-state index in [0.717, 1.165) is 24.2 Å². The molecule has 2 aromatic rings. The highest BCUT2D eigenvalue weighted by Gasteiger charge is 2.22. The van der Waals surface area contributed by atoms with Gasteiger partial charge < -0.3 is 9.64 Å². The number of benzene rings is 2. The maximum atomic E-state index is 12.2. The first kappa shape index (κ1) is 18.0. The Balaban J connectivity index is 1.85. The van der Waals surface area contributed by atoms with Gasteiger partial charge in [0.25, 0.3) is 0 Å². The summed E-state index contributed by atoms with van der Waals surface area (Å²) in [6.07, 6.45) is 3.70. The smallest absolute Gasteiger partial charge is 0.343 e. The number of cyclic esters (lactones) is 1. The number of anilines is 1. The minimum atomic E-state index is -0.300. The van der Waals surface area contributed by atoms with E-state index in [9.17, 15) is 4.79 Å². The molecule has 26 heavy (non-hydrogen) atoms. The van der Waals surface area contributed by atoms with Crippen molar-refractivity contribution in [1.82, 2.24) is 0 Å². The molecule has 0 fully saturated rings. The standard InChI is InChI=1S/C23H25NO2/c1-5-24(6-2)21-11-8-18(9-12-21)14-20-15-22(26-23(20)25)19-10-7-16(3)17(4)13-19/h7-15H,5-6H2,1-4H3/b20-14-. The van der Waals surface area contributed by atoms with Crippen molar-refractivity contribution >= 4 is 23.5 Å². The van der Waals surface area contributed by atoms with Gasteiger partial charge in [0.2, 0.25) is 0 Å². The van der Waals surface area contributed by atoms with E-state index in [1.54, 1.807) is 0 Å². The largest absolute Gasteiger partial charge is 0.422 e. The van der Waals surface area contributed by atoms with Crippen LogP contribution in [-0.4, -0.2) is 19.1 Å². The lowest BCUT2D eigenvalue weighted by Gasteiger charge is -2.20. The van der Waals surface area contributed by atoms with Crippen LogP contribution < -0.4 is 4.90 Å². The van der Waals surface area contributed by atoms with Crippen LogP contribution in [0.15, 0.2) is 54.1 Å². The summed E-state index contributed by atoms with van der Waals surface area (Å²) in [6.45, 7) is 10.4. The number of ether oxygens (including phenoxy) is 1. The van der Waals surface area contributed by atoms with Gasteiger partial charge in [0.15, 0.2) is 0 Å². The Kier molecular flexibility index (Phi) is 5.27. The lowest BCUT2D eigenvalue weighted by molar-refractivity contribution is -0.130. The van der Waals surface area contributed by atoms with E-state index >= 15 is 0 Å². The molecular formula is C23H25NO2. The third kappa shape index (κ3) is 3.72. The molecule has 0 unspecified atom stereocenters. The average molecular weight is 347 g/mol. The molecule has 0 atom stereocenters. The maximum absolute atomic E-state index is 12.2. The second-order valence-electron chi connectivity index (χ2n) is 6.56. The van der Waals surface area contributed by atoms with Gasteiger partial charge in [-0.2, -0.15) is 0 Å². The number of carbonyl (C=O) groups is 1. The number of hydrogen-bond acceptors (Lipinski definition) is 3. The van der Waals surface area contributed by atoms with Gasteiger partial charge in [-0.1, -0.05) is 24.3 Å². The molecule has 1 aliphatic rings. The fraction of sp³-hybridized carbons (Fsp3) is 0.261. The summed E-state index contributed by atoms with van der Waals surface area (Å²) in [5.41, 5.74) is 6.10. The molecule has 1 aliphatic heterocycles. The van der Waals surface area contributed by atoms with Crippen molar-refractivity contribution in [3.05, 3.63) is 76.4 Å². The zero-order valence-electron chi connectivity index (χ0n) is 15.9. The van der Waals surface area contributed by atoms with E-state index in [2.05, 4.69) is 50.8 Å². The SMILES string of the molecule is CCN(CC)c1ccc(/C=C2/C=C(c3ccc(C)c(C)c3)OC2=O)cc1. The molecule has 0 aromatic heterocycles. The molecular weight excluding hydrogens is 322 g/mol. The van der Waals surface area contributed by atoms with Gasteiger partial charge in [0.1, 0.15) is 5.76 Å². The average Bonchev–Trinajstić information content (AvgIpc) is 3.00. The molecule has 1 heterocycles. The summed E-state index contributed by atoms with van der Waals surface area (Å²) < 4.78 is 5.47. The minimum Gasteiger partial charge on any atom is -0.422 e. The summed E-state index contributed by atoms with van der Waals surface area (Å²) in [4.78, 5) is 14.5. The quantitative estimate of drug-likeness (QED) is 0.555. The Bertz CT molecular complexity index is 872. The second kappa shape index (κ2) is 7.61.